The number of hydrogen-bond donors (Lipinski definition) is 2. The molecule has 0 atom stereocenters. The Morgan fingerprint density at radius 2 is 2.24 bits per heavy atom. The number of anilines is 1. The number of H-pyrrole nitrogens is 1. The Kier molecular flexibility index (Phi) is 2.71. The Hall–Kier alpha value is -2.11. The second-order valence-electron chi connectivity index (χ2n) is 4.59. The molecule has 0 spiro atoms. The van der Waals surface area contributed by atoms with Gasteiger partial charge in [0.25, 0.3) is 0 Å². The molecule has 0 unspecified atom stereocenters. The van der Waals surface area contributed by atoms with Crippen molar-refractivity contribution in [1.29, 1.82) is 0 Å². The van der Waals surface area contributed by atoms with E-state index in [9.17, 15) is 4.79 Å². The average Bonchev–Trinajstić information content (AvgIpc) is 2.61. The molecule has 0 saturated heterocycles. The summed E-state index contributed by atoms with van der Waals surface area (Å²) in [5.41, 5.74) is 0.841. The number of rotatable bonds is 1. The summed E-state index contributed by atoms with van der Waals surface area (Å²) in [5, 5.41) is 2.53. The lowest BCUT2D eigenvalue weighted by Crippen LogP contribution is -2.27. The number of amides is 1. The molecular weight excluding hydrogens is 220 g/mol. The van der Waals surface area contributed by atoms with E-state index in [0.717, 1.165) is 0 Å². The molecule has 2 heterocycles. The van der Waals surface area contributed by atoms with Crippen molar-refractivity contribution in [2.75, 3.05) is 5.32 Å². The van der Waals surface area contributed by atoms with Gasteiger partial charge in [0.1, 0.15) is 11.1 Å². The van der Waals surface area contributed by atoms with Crippen LogP contribution in [0.1, 0.15) is 20.8 Å². The zero-order valence-corrected chi connectivity index (χ0v) is 9.94. The molecule has 0 saturated carbocycles. The molecule has 0 aliphatic carbocycles. The van der Waals surface area contributed by atoms with Gasteiger partial charge in [-0.3, -0.25) is 5.32 Å². The first-order valence-electron chi connectivity index (χ1n) is 5.24. The van der Waals surface area contributed by atoms with E-state index >= 15 is 0 Å². The van der Waals surface area contributed by atoms with Gasteiger partial charge in [-0.05, 0) is 26.8 Å². The van der Waals surface area contributed by atoms with Crippen LogP contribution in [0.3, 0.4) is 0 Å². The Morgan fingerprint density at radius 3 is 2.94 bits per heavy atom. The van der Waals surface area contributed by atoms with E-state index < -0.39 is 11.7 Å². The van der Waals surface area contributed by atoms with Crippen molar-refractivity contribution < 1.29 is 9.53 Å². The zero-order valence-electron chi connectivity index (χ0n) is 9.94. The van der Waals surface area contributed by atoms with Crippen LogP contribution in [0.25, 0.3) is 11.2 Å². The maximum atomic E-state index is 11.5. The van der Waals surface area contributed by atoms with Crippen molar-refractivity contribution in [3.8, 4) is 0 Å². The van der Waals surface area contributed by atoms with Gasteiger partial charge < -0.3 is 9.72 Å². The summed E-state index contributed by atoms with van der Waals surface area (Å²) in [6, 6.07) is 1.78. The average molecular weight is 234 g/mol. The third kappa shape index (κ3) is 2.93. The Balaban J connectivity index is 2.10. The maximum Gasteiger partial charge on any atom is 0.413 e. The van der Waals surface area contributed by atoms with Gasteiger partial charge >= 0.3 is 6.09 Å². The van der Waals surface area contributed by atoms with Crippen LogP contribution in [0.2, 0.25) is 0 Å². The minimum absolute atomic E-state index is 0.367. The number of fused-ring (bicyclic) bond motifs is 1. The molecule has 0 fully saturated rings. The highest BCUT2D eigenvalue weighted by Crippen LogP contribution is 2.12. The van der Waals surface area contributed by atoms with E-state index in [1.54, 1.807) is 33.0 Å². The third-order valence-corrected chi connectivity index (χ3v) is 1.89. The van der Waals surface area contributed by atoms with Crippen molar-refractivity contribution in [1.82, 2.24) is 15.0 Å². The predicted octanol–water partition coefficient (Wildman–Crippen LogP) is 2.30. The van der Waals surface area contributed by atoms with Crippen LogP contribution >= 0.6 is 0 Å². The van der Waals surface area contributed by atoms with Gasteiger partial charge in [0.15, 0.2) is 11.5 Å². The van der Waals surface area contributed by atoms with Gasteiger partial charge in [-0.25, -0.2) is 14.8 Å². The molecular formula is C11H14N4O2. The van der Waals surface area contributed by atoms with Crippen LogP contribution in [0.4, 0.5) is 10.6 Å². The predicted molar refractivity (Wildman–Crippen MR) is 63.7 cm³/mol. The molecule has 17 heavy (non-hydrogen) atoms. The first kappa shape index (κ1) is 11.4. The quantitative estimate of drug-likeness (QED) is 0.793. The van der Waals surface area contributed by atoms with Crippen molar-refractivity contribution in [2.24, 2.45) is 0 Å². The van der Waals surface area contributed by atoms with E-state index in [0.29, 0.717) is 17.0 Å². The third-order valence-electron chi connectivity index (χ3n) is 1.89. The molecule has 2 rings (SSSR count). The van der Waals surface area contributed by atoms with Crippen LogP contribution < -0.4 is 5.32 Å². The molecule has 2 N–H and O–H groups in total. The summed E-state index contributed by atoms with van der Waals surface area (Å²) in [6.45, 7) is 5.40. The molecule has 90 valence electrons. The van der Waals surface area contributed by atoms with E-state index in [-0.39, 0.29) is 0 Å². The van der Waals surface area contributed by atoms with Crippen molar-refractivity contribution in [3.63, 3.8) is 0 Å². The zero-order chi connectivity index (χ0) is 12.5. The van der Waals surface area contributed by atoms with Crippen LogP contribution in [-0.4, -0.2) is 26.6 Å². The molecule has 6 nitrogen and oxygen atoms in total. The van der Waals surface area contributed by atoms with Gasteiger partial charge in [-0.2, -0.15) is 0 Å². The second kappa shape index (κ2) is 4.04. The van der Waals surface area contributed by atoms with E-state index in [4.69, 9.17) is 4.74 Å². The normalized spacial score (nSPS) is 11.5. The summed E-state index contributed by atoms with van der Waals surface area (Å²) >= 11 is 0. The fourth-order valence-corrected chi connectivity index (χ4v) is 1.30. The minimum atomic E-state index is -0.540. The Morgan fingerprint density at radius 1 is 1.47 bits per heavy atom. The van der Waals surface area contributed by atoms with Crippen LogP contribution in [0.5, 0.6) is 0 Å². The minimum Gasteiger partial charge on any atom is -0.444 e. The number of nitrogens with one attached hydrogen (secondary N) is 2. The number of aromatic nitrogens is 3. The maximum absolute atomic E-state index is 11.5. The van der Waals surface area contributed by atoms with E-state index in [2.05, 4.69) is 20.3 Å². The lowest BCUT2D eigenvalue weighted by molar-refractivity contribution is 0.0635. The SMILES string of the molecule is CC(C)(C)OC(=O)Nc1cnc2[nH]ccc2n1. The standard InChI is InChI=1S/C11H14N4O2/c1-11(2,3)17-10(16)15-8-6-13-9-7(14-8)4-5-12-9/h4-6H,1-3H3,(H,12,13)(H,14,15,16). The van der Waals surface area contributed by atoms with Crippen LogP contribution in [0, 0.1) is 0 Å². The number of aromatic amines is 1. The van der Waals surface area contributed by atoms with Gasteiger partial charge in [0.05, 0.1) is 6.20 Å². The first-order chi connectivity index (χ1) is 7.94. The molecule has 2 aromatic heterocycles. The fourth-order valence-electron chi connectivity index (χ4n) is 1.30. The molecule has 0 aromatic carbocycles. The summed E-state index contributed by atoms with van der Waals surface area (Å²) in [5.74, 6) is 0.367. The van der Waals surface area contributed by atoms with Gasteiger partial charge in [-0.1, -0.05) is 0 Å². The molecule has 1 amide bonds. The number of carbonyl (C=O) groups is 1. The second-order valence-corrected chi connectivity index (χ2v) is 4.59. The first-order valence-corrected chi connectivity index (χ1v) is 5.24. The number of ether oxygens (including phenoxy) is 1. The highest BCUT2D eigenvalue weighted by molar-refractivity contribution is 5.84. The highest BCUT2D eigenvalue weighted by Gasteiger charge is 2.16. The Labute approximate surface area is 98.4 Å². The fraction of sp³-hybridized carbons (Fsp3) is 0.364. The molecule has 0 aliphatic heterocycles. The lowest BCUT2D eigenvalue weighted by Gasteiger charge is -2.19. The number of hydrogen-bond acceptors (Lipinski definition) is 4. The van der Waals surface area contributed by atoms with E-state index in [1.807, 2.05) is 0 Å². The number of carbonyl (C=O) groups excluding carboxylic acids is 1. The van der Waals surface area contributed by atoms with Crippen LogP contribution in [0.15, 0.2) is 18.5 Å². The van der Waals surface area contributed by atoms with Gasteiger partial charge in [0, 0.05) is 6.20 Å². The smallest absolute Gasteiger partial charge is 0.413 e. The molecule has 2 aromatic rings. The number of nitrogens with zero attached hydrogens (tertiary/aromatic N) is 2. The monoisotopic (exact) mass is 234 g/mol. The summed E-state index contributed by atoms with van der Waals surface area (Å²) in [6.07, 6.45) is 2.67. The Bertz CT molecular complexity index is 542. The van der Waals surface area contributed by atoms with Crippen molar-refractivity contribution >= 4 is 23.1 Å². The topological polar surface area (TPSA) is 79.9 Å². The lowest BCUT2D eigenvalue weighted by atomic mass is 10.2. The molecule has 6 heteroatoms. The van der Waals surface area contributed by atoms with E-state index in [1.165, 1.54) is 6.20 Å². The molecule has 0 aliphatic rings. The highest BCUT2D eigenvalue weighted by atomic mass is 16.6. The summed E-state index contributed by atoms with van der Waals surface area (Å²) in [4.78, 5) is 22.7. The van der Waals surface area contributed by atoms with Crippen molar-refractivity contribution in [3.05, 3.63) is 18.5 Å². The van der Waals surface area contributed by atoms with Gasteiger partial charge in [-0.15, -0.1) is 0 Å². The largest absolute Gasteiger partial charge is 0.444 e. The summed E-state index contributed by atoms with van der Waals surface area (Å²) in [7, 11) is 0. The summed E-state index contributed by atoms with van der Waals surface area (Å²) < 4.78 is 5.11. The van der Waals surface area contributed by atoms with Crippen molar-refractivity contribution in [2.45, 2.75) is 26.4 Å². The molecule has 0 radical (unpaired) electrons. The molecule has 0 bridgehead atoms. The van der Waals surface area contributed by atoms with Crippen LogP contribution in [-0.2, 0) is 4.74 Å². The van der Waals surface area contributed by atoms with Gasteiger partial charge in [0.2, 0.25) is 0 Å².